The van der Waals surface area contributed by atoms with Crippen LogP contribution >= 0.6 is 0 Å². The van der Waals surface area contributed by atoms with Crippen LogP contribution in [0.4, 0.5) is 0 Å². The van der Waals surface area contributed by atoms with Crippen LogP contribution in [0.2, 0.25) is 0 Å². The summed E-state index contributed by atoms with van der Waals surface area (Å²) in [5.41, 5.74) is 1.91. The van der Waals surface area contributed by atoms with Gasteiger partial charge in [0.1, 0.15) is 0 Å². The van der Waals surface area contributed by atoms with Gasteiger partial charge < -0.3 is 5.32 Å². The highest BCUT2D eigenvalue weighted by molar-refractivity contribution is 7.91. The van der Waals surface area contributed by atoms with E-state index in [0.29, 0.717) is 6.42 Å². The second-order valence-corrected chi connectivity index (χ2v) is 8.54. The number of benzene rings is 1. The Morgan fingerprint density at radius 2 is 2.25 bits per heavy atom. The van der Waals surface area contributed by atoms with Crippen LogP contribution in [0.5, 0.6) is 0 Å². The first-order valence-corrected chi connectivity index (χ1v) is 9.85. The summed E-state index contributed by atoms with van der Waals surface area (Å²) >= 11 is 0. The number of hydrogen-bond acceptors (Lipinski definition) is 4. The summed E-state index contributed by atoms with van der Waals surface area (Å²) in [4.78, 5) is 12.2. The highest BCUT2D eigenvalue weighted by atomic mass is 32.2. The lowest BCUT2D eigenvalue weighted by molar-refractivity contribution is -0.122. The van der Waals surface area contributed by atoms with Crippen molar-refractivity contribution in [2.24, 2.45) is 5.92 Å². The van der Waals surface area contributed by atoms with Crippen LogP contribution in [0.3, 0.4) is 0 Å². The zero-order valence-electron chi connectivity index (χ0n) is 13.6. The smallest absolute Gasteiger partial charge is 0.220 e. The van der Waals surface area contributed by atoms with Crippen LogP contribution in [0.25, 0.3) is 5.69 Å². The Labute approximate surface area is 141 Å². The molecule has 0 bridgehead atoms. The van der Waals surface area contributed by atoms with Crippen molar-refractivity contribution in [3.8, 4) is 5.69 Å². The molecule has 2 unspecified atom stereocenters. The van der Waals surface area contributed by atoms with Gasteiger partial charge in [-0.15, -0.1) is 0 Å². The Morgan fingerprint density at radius 1 is 1.42 bits per heavy atom. The van der Waals surface area contributed by atoms with Gasteiger partial charge in [0, 0.05) is 18.8 Å². The van der Waals surface area contributed by atoms with E-state index in [4.69, 9.17) is 0 Å². The van der Waals surface area contributed by atoms with Crippen LogP contribution in [0.1, 0.15) is 31.4 Å². The second-order valence-electron chi connectivity index (χ2n) is 6.31. The molecular formula is C17H21N3O3S. The molecule has 1 aliphatic rings. The van der Waals surface area contributed by atoms with E-state index in [9.17, 15) is 13.2 Å². The van der Waals surface area contributed by atoms with Crippen LogP contribution in [-0.2, 0) is 14.6 Å². The molecule has 1 saturated heterocycles. The van der Waals surface area contributed by atoms with E-state index >= 15 is 0 Å². The average Bonchev–Trinajstić information content (AvgIpc) is 3.17. The van der Waals surface area contributed by atoms with Gasteiger partial charge in [0.2, 0.25) is 5.91 Å². The van der Waals surface area contributed by atoms with Crippen molar-refractivity contribution in [1.82, 2.24) is 15.1 Å². The van der Waals surface area contributed by atoms with E-state index in [0.717, 1.165) is 11.3 Å². The number of hydrogen-bond donors (Lipinski definition) is 1. The third kappa shape index (κ3) is 4.03. The van der Waals surface area contributed by atoms with Crippen molar-refractivity contribution in [3.05, 3.63) is 48.3 Å². The molecule has 6 nitrogen and oxygen atoms in total. The average molecular weight is 347 g/mol. The molecule has 0 saturated carbocycles. The topological polar surface area (TPSA) is 81.1 Å². The number of carbonyl (C=O) groups excluding carboxylic acids is 1. The van der Waals surface area contributed by atoms with E-state index in [1.807, 2.05) is 43.5 Å². The number of nitrogens with one attached hydrogen (secondary N) is 1. The minimum absolute atomic E-state index is 0.0578. The molecule has 2 heterocycles. The summed E-state index contributed by atoms with van der Waals surface area (Å²) in [5, 5.41) is 7.16. The Morgan fingerprint density at radius 3 is 2.92 bits per heavy atom. The molecule has 1 N–H and O–H groups in total. The van der Waals surface area contributed by atoms with Crippen LogP contribution < -0.4 is 5.32 Å². The molecule has 1 aliphatic heterocycles. The molecule has 2 atom stereocenters. The Balaban J connectivity index is 1.61. The van der Waals surface area contributed by atoms with Crippen LogP contribution in [0, 0.1) is 5.92 Å². The number of amides is 1. The number of aromatic nitrogens is 2. The SMILES string of the molecule is CC(NC(=O)CC1CCS(=O)(=O)C1)c1cccc(-n2cccn2)c1. The van der Waals surface area contributed by atoms with Crippen molar-refractivity contribution in [3.63, 3.8) is 0 Å². The molecule has 0 spiro atoms. The standard InChI is InChI=1S/C17H21N3O3S/c1-13(19-17(21)10-14-6-9-24(22,23)12-14)15-4-2-5-16(11-15)20-8-3-7-18-20/h2-5,7-8,11,13-14H,6,9-10,12H2,1H3,(H,19,21). The van der Waals surface area contributed by atoms with Crippen molar-refractivity contribution < 1.29 is 13.2 Å². The fourth-order valence-corrected chi connectivity index (χ4v) is 4.90. The maximum atomic E-state index is 12.2. The van der Waals surface area contributed by atoms with Gasteiger partial charge in [0.25, 0.3) is 0 Å². The zero-order valence-corrected chi connectivity index (χ0v) is 14.4. The number of rotatable bonds is 5. The van der Waals surface area contributed by atoms with Crippen LogP contribution in [-0.4, -0.2) is 35.6 Å². The molecule has 7 heteroatoms. The van der Waals surface area contributed by atoms with Crippen molar-refractivity contribution in [1.29, 1.82) is 0 Å². The van der Waals surface area contributed by atoms with Gasteiger partial charge in [-0.1, -0.05) is 12.1 Å². The number of carbonyl (C=O) groups is 1. The summed E-state index contributed by atoms with van der Waals surface area (Å²) < 4.78 is 24.7. The van der Waals surface area contributed by atoms with E-state index in [2.05, 4.69) is 10.4 Å². The molecule has 1 aromatic carbocycles. The molecule has 3 rings (SSSR count). The highest BCUT2D eigenvalue weighted by Gasteiger charge is 2.29. The molecule has 1 fully saturated rings. The molecule has 0 radical (unpaired) electrons. The maximum Gasteiger partial charge on any atom is 0.220 e. The lowest BCUT2D eigenvalue weighted by atomic mass is 10.0. The summed E-state index contributed by atoms with van der Waals surface area (Å²) in [6.45, 7) is 1.92. The van der Waals surface area contributed by atoms with Crippen molar-refractivity contribution in [2.75, 3.05) is 11.5 Å². The molecule has 2 aromatic rings. The Kier molecular flexibility index (Phi) is 4.71. The third-order valence-corrected chi connectivity index (χ3v) is 6.15. The lowest BCUT2D eigenvalue weighted by Crippen LogP contribution is -2.28. The van der Waals surface area contributed by atoms with Crippen molar-refractivity contribution in [2.45, 2.75) is 25.8 Å². The molecule has 1 amide bonds. The van der Waals surface area contributed by atoms with Gasteiger partial charge in [-0.25, -0.2) is 13.1 Å². The van der Waals surface area contributed by atoms with Gasteiger partial charge in [-0.2, -0.15) is 5.10 Å². The molecule has 128 valence electrons. The predicted molar refractivity (Wildman–Crippen MR) is 91.5 cm³/mol. The van der Waals surface area contributed by atoms with E-state index < -0.39 is 9.84 Å². The number of nitrogens with zero attached hydrogens (tertiary/aromatic N) is 2. The molecule has 24 heavy (non-hydrogen) atoms. The van der Waals surface area contributed by atoms with Gasteiger partial charge in [-0.05, 0) is 43.0 Å². The molecular weight excluding hydrogens is 326 g/mol. The summed E-state index contributed by atoms with van der Waals surface area (Å²) in [7, 11) is -2.94. The highest BCUT2D eigenvalue weighted by Crippen LogP contribution is 2.22. The summed E-state index contributed by atoms with van der Waals surface area (Å²) in [5.74, 6) is 0.169. The monoisotopic (exact) mass is 347 g/mol. The minimum atomic E-state index is -2.94. The fraction of sp³-hybridized carbons (Fsp3) is 0.412. The van der Waals surface area contributed by atoms with Gasteiger partial charge >= 0.3 is 0 Å². The first-order valence-electron chi connectivity index (χ1n) is 8.03. The van der Waals surface area contributed by atoms with Gasteiger partial charge in [0.15, 0.2) is 9.84 Å². The van der Waals surface area contributed by atoms with Crippen molar-refractivity contribution >= 4 is 15.7 Å². The number of sulfone groups is 1. The lowest BCUT2D eigenvalue weighted by Gasteiger charge is -2.16. The van der Waals surface area contributed by atoms with E-state index in [-0.39, 0.29) is 35.8 Å². The zero-order chi connectivity index (χ0) is 17.2. The second kappa shape index (κ2) is 6.76. The summed E-state index contributed by atoms with van der Waals surface area (Å²) in [6.07, 6.45) is 4.43. The minimum Gasteiger partial charge on any atom is -0.350 e. The Hall–Kier alpha value is -2.15. The summed E-state index contributed by atoms with van der Waals surface area (Å²) in [6, 6.07) is 9.53. The quantitative estimate of drug-likeness (QED) is 0.895. The van der Waals surface area contributed by atoms with Gasteiger partial charge in [0.05, 0.1) is 23.2 Å². The predicted octanol–water partition coefficient (Wildman–Crippen LogP) is 1.87. The van der Waals surface area contributed by atoms with E-state index in [1.165, 1.54) is 0 Å². The maximum absolute atomic E-state index is 12.2. The third-order valence-electron chi connectivity index (χ3n) is 4.32. The van der Waals surface area contributed by atoms with Crippen LogP contribution in [0.15, 0.2) is 42.7 Å². The molecule has 0 aliphatic carbocycles. The normalized spacial score (nSPS) is 20.6. The van der Waals surface area contributed by atoms with E-state index in [1.54, 1.807) is 10.9 Å². The first-order chi connectivity index (χ1) is 11.4. The largest absolute Gasteiger partial charge is 0.350 e. The Bertz CT molecular complexity index is 815. The first kappa shape index (κ1) is 16.7. The van der Waals surface area contributed by atoms with Gasteiger partial charge in [-0.3, -0.25) is 4.79 Å². The fourth-order valence-electron chi connectivity index (χ4n) is 3.04. The molecule has 1 aromatic heterocycles.